The minimum Gasteiger partial charge on any atom is -0.477 e. The normalized spacial score (nSPS) is 26.3. The lowest BCUT2D eigenvalue weighted by Crippen LogP contribution is -2.31. The quantitative estimate of drug-likeness (QED) is 0.764. The Labute approximate surface area is 79.8 Å². The van der Waals surface area contributed by atoms with E-state index in [0.29, 0.717) is 0 Å². The van der Waals surface area contributed by atoms with Crippen LogP contribution >= 0.6 is 0 Å². The average molecular weight is 228 g/mol. The number of hydrogen-bond donors (Lipinski definition) is 1. The summed E-state index contributed by atoms with van der Waals surface area (Å²) in [5.41, 5.74) is 0. The number of carboxylic acid groups (broad SMARTS) is 1. The van der Waals surface area contributed by atoms with Gasteiger partial charge in [-0.2, -0.15) is 8.78 Å². The smallest absolute Gasteiger partial charge is 0.374 e. The third kappa shape index (κ3) is 2.63. The van der Waals surface area contributed by atoms with E-state index in [1.165, 1.54) is 0 Å². The van der Waals surface area contributed by atoms with Crippen molar-refractivity contribution in [3.63, 3.8) is 0 Å². The average Bonchev–Trinajstić information content (AvgIpc) is 2.28. The molecule has 1 fully saturated rings. The highest BCUT2D eigenvalue weighted by atomic mass is 32.2. The number of alkyl halides is 2. The van der Waals surface area contributed by atoms with Gasteiger partial charge in [0.2, 0.25) is 0 Å². The van der Waals surface area contributed by atoms with Crippen LogP contribution in [0.2, 0.25) is 0 Å². The second kappa shape index (κ2) is 3.45. The molecular weight excluding hydrogens is 218 g/mol. The zero-order valence-electron chi connectivity index (χ0n) is 7.24. The summed E-state index contributed by atoms with van der Waals surface area (Å²) in [7, 11) is -3.22. The van der Waals surface area contributed by atoms with Crippen LogP contribution in [0.3, 0.4) is 0 Å². The Morgan fingerprint density at radius 3 is 2.43 bits per heavy atom. The third-order valence-corrected chi connectivity index (χ3v) is 4.02. The molecular formula is C7H10F2O4S. The van der Waals surface area contributed by atoms with Gasteiger partial charge in [-0.3, -0.25) is 0 Å². The molecule has 0 aliphatic carbocycles. The third-order valence-electron chi connectivity index (χ3n) is 2.18. The molecule has 1 saturated heterocycles. The molecule has 0 amide bonds. The van der Waals surface area contributed by atoms with E-state index in [0.717, 1.165) is 0 Å². The lowest BCUT2D eigenvalue weighted by Gasteiger charge is -2.14. The number of halogens is 2. The largest absolute Gasteiger partial charge is 0.477 e. The summed E-state index contributed by atoms with van der Waals surface area (Å²) < 4.78 is 47.1. The molecule has 1 aliphatic rings. The molecule has 0 radical (unpaired) electrons. The Morgan fingerprint density at radius 1 is 1.50 bits per heavy atom. The van der Waals surface area contributed by atoms with Crippen LogP contribution in [0.5, 0.6) is 0 Å². The minimum absolute atomic E-state index is 0.118. The van der Waals surface area contributed by atoms with Crippen molar-refractivity contribution in [1.29, 1.82) is 0 Å². The molecule has 82 valence electrons. The molecule has 0 spiro atoms. The van der Waals surface area contributed by atoms with Crippen LogP contribution < -0.4 is 0 Å². The molecule has 0 aromatic carbocycles. The maximum atomic E-state index is 12.7. The van der Waals surface area contributed by atoms with E-state index < -0.39 is 34.1 Å². The zero-order chi connectivity index (χ0) is 11.0. The van der Waals surface area contributed by atoms with E-state index in [4.69, 9.17) is 5.11 Å². The van der Waals surface area contributed by atoms with Crippen molar-refractivity contribution in [1.82, 2.24) is 0 Å². The Balaban J connectivity index is 2.60. The van der Waals surface area contributed by atoms with Crippen molar-refractivity contribution in [2.45, 2.75) is 18.8 Å². The van der Waals surface area contributed by atoms with Gasteiger partial charge in [-0.25, -0.2) is 13.2 Å². The van der Waals surface area contributed by atoms with Gasteiger partial charge in [0.15, 0.2) is 9.84 Å². The van der Waals surface area contributed by atoms with Crippen LogP contribution in [0.25, 0.3) is 0 Å². The van der Waals surface area contributed by atoms with Gasteiger partial charge in [-0.1, -0.05) is 0 Å². The molecule has 0 aromatic rings. The van der Waals surface area contributed by atoms with Gasteiger partial charge in [-0.05, 0) is 12.3 Å². The van der Waals surface area contributed by atoms with Crippen LogP contribution in [0.15, 0.2) is 0 Å². The van der Waals surface area contributed by atoms with E-state index in [-0.39, 0.29) is 17.9 Å². The zero-order valence-corrected chi connectivity index (χ0v) is 8.06. The monoisotopic (exact) mass is 228 g/mol. The minimum atomic E-state index is -3.81. The highest BCUT2D eigenvalue weighted by Gasteiger charge is 2.43. The van der Waals surface area contributed by atoms with Gasteiger partial charge >= 0.3 is 11.9 Å². The molecule has 1 unspecified atom stereocenters. The lowest BCUT2D eigenvalue weighted by molar-refractivity contribution is -0.167. The molecule has 1 N–H and O–H groups in total. The molecule has 1 atom stereocenters. The fourth-order valence-electron chi connectivity index (χ4n) is 1.48. The van der Waals surface area contributed by atoms with Crippen molar-refractivity contribution in [3.05, 3.63) is 0 Å². The summed E-state index contributed by atoms with van der Waals surface area (Å²) in [4.78, 5) is 10.1. The van der Waals surface area contributed by atoms with Crippen LogP contribution in [0.1, 0.15) is 12.8 Å². The maximum Gasteiger partial charge on any atom is 0.374 e. The first-order chi connectivity index (χ1) is 6.23. The second-order valence-corrected chi connectivity index (χ2v) is 5.71. The van der Waals surface area contributed by atoms with Gasteiger partial charge in [0.1, 0.15) is 0 Å². The molecule has 4 nitrogen and oxygen atoms in total. The SMILES string of the molecule is O=C(O)C(F)(F)CC1CCS(=O)(=O)C1. The van der Waals surface area contributed by atoms with Gasteiger partial charge in [-0.15, -0.1) is 0 Å². The Hall–Kier alpha value is -0.720. The lowest BCUT2D eigenvalue weighted by atomic mass is 10.0. The number of hydrogen-bond acceptors (Lipinski definition) is 3. The molecule has 1 aliphatic heterocycles. The van der Waals surface area contributed by atoms with Crippen LogP contribution in [0, 0.1) is 5.92 Å². The number of carbonyl (C=O) groups is 1. The summed E-state index contributed by atoms with van der Waals surface area (Å²) in [5.74, 6) is -7.18. The van der Waals surface area contributed by atoms with Crippen molar-refractivity contribution in [2.24, 2.45) is 5.92 Å². The van der Waals surface area contributed by atoms with Crippen LogP contribution in [0.4, 0.5) is 8.78 Å². The fourth-order valence-corrected chi connectivity index (χ4v) is 3.34. The van der Waals surface area contributed by atoms with E-state index in [9.17, 15) is 22.0 Å². The van der Waals surface area contributed by atoms with E-state index in [1.807, 2.05) is 0 Å². The van der Waals surface area contributed by atoms with Crippen LogP contribution in [-0.4, -0.2) is 36.9 Å². The summed E-state index contributed by atoms with van der Waals surface area (Å²) in [5, 5.41) is 8.13. The molecule has 0 saturated carbocycles. The number of sulfone groups is 1. The molecule has 7 heteroatoms. The van der Waals surface area contributed by atoms with Gasteiger partial charge in [0.25, 0.3) is 0 Å². The van der Waals surface area contributed by atoms with Gasteiger partial charge in [0.05, 0.1) is 11.5 Å². The van der Waals surface area contributed by atoms with Crippen molar-refractivity contribution >= 4 is 15.8 Å². The standard InChI is InChI=1S/C7H10F2O4S/c8-7(9,6(10)11)3-5-1-2-14(12,13)4-5/h5H,1-4H2,(H,10,11). The topological polar surface area (TPSA) is 71.4 Å². The highest BCUT2D eigenvalue weighted by Crippen LogP contribution is 2.30. The van der Waals surface area contributed by atoms with E-state index >= 15 is 0 Å². The summed E-state index contributed by atoms with van der Waals surface area (Å²) in [6, 6.07) is 0. The molecule has 1 rings (SSSR count). The van der Waals surface area contributed by atoms with E-state index in [1.54, 1.807) is 0 Å². The van der Waals surface area contributed by atoms with Gasteiger partial charge in [0, 0.05) is 6.42 Å². The Bertz CT molecular complexity index is 336. The first-order valence-electron chi connectivity index (χ1n) is 4.04. The first kappa shape index (κ1) is 11.4. The van der Waals surface area contributed by atoms with E-state index in [2.05, 4.69) is 0 Å². The molecule has 1 heterocycles. The first-order valence-corrected chi connectivity index (χ1v) is 5.87. The summed E-state index contributed by atoms with van der Waals surface area (Å²) in [6.07, 6.45) is -0.757. The van der Waals surface area contributed by atoms with Crippen molar-refractivity contribution in [2.75, 3.05) is 11.5 Å². The Morgan fingerprint density at radius 2 is 2.07 bits per heavy atom. The molecule has 14 heavy (non-hydrogen) atoms. The highest BCUT2D eigenvalue weighted by molar-refractivity contribution is 7.91. The summed E-state index contributed by atoms with van der Waals surface area (Å²) >= 11 is 0. The molecule has 0 aromatic heterocycles. The summed E-state index contributed by atoms with van der Waals surface area (Å²) in [6.45, 7) is 0. The molecule has 0 bridgehead atoms. The maximum absolute atomic E-state index is 12.7. The number of carboxylic acids is 1. The van der Waals surface area contributed by atoms with Crippen molar-refractivity contribution in [3.8, 4) is 0 Å². The van der Waals surface area contributed by atoms with Crippen LogP contribution in [-0.2, 0) is 14.6 Å². The second-order valence-electron chi connectivity index (χ2n) is 3.48. The fraction of sp³-hybridized carbons (Fsp3) is 0.857. The predicted molar refractivity (Wildman–Crippen MR) is 44.0 cm³/mol. The van der Waals surface area contributed by atoms with Gasteiger partial charge < -0.3 is 5.11 Å². The number of aliphatic carboxylic acids is 1. The van der Waals surface area contributed by atoms with Crippen molar-refractivity contribution < 1.29 is 27.1 Å². The predicted octanol–water partition coefficient (Wildman–Crippen LogP) is 0.531. The number of rotatable bonds is 3. The Kier molecular flexibility index (Phi) is 2.80.